The van der Waals surface area contributed by atoms with E-state index in [0.717, 1.165) is 18.9 Å². The van der Waals surface area contributed by atoms with Gasteiger partial charge in [-0.1, -0.05) is 31.6 Å². The summed E-state index contributed by atoms with van der Waals surface area (Å²) in [6.45, 7) is 3.17. The van der Waals surface area contributed by atoms with Gasteiger partial charge in [0.2, 0.25) is 5.91 Å². The third kappa shape index (κ3) is 3.95. The second-order valence-electron chi connectivity index (χ2n) is 4.30. The molecule has 0 aliphatic heterocycles. The van der Waals surface area contributed by atoms with Crippen molar-refractivity contribution in [3.8, 4) is 12.3 Å². The van der Waals surface area contributed by atoms with E-state index in [-0.39, 0.29) is 5.91 Å². The zero-order valence-electron chi connectivity index (χ0n) is 9.67. The second-order valence-corrected chi connectivity index (χ2v) is 4.30. The maximum Gasteiger partial charge on any atom is 0.223 e. The molecule has 0 aromatic carbocycles. The first-order valence-electron chi connectivity index (χ1n) is 5.99. The fourth-order valence-electron chi connectivity index (χ4n) is 2.27. The Morgan fingerprint density at radius 2 is 2.13 bits per heavy atom. The molecule has 0 heterocycles. The van der Waals surface area contributed by atoms with Crippen LogP contribution in [0.4, 0.5) is 0 Å². The van der Waals surface area contributed by atoms with Gasteiger partial charge in [-0.25, -0.2) is 0 Å². The first-order valence-corrected chi connectivity index (χ1v) is 5.99. The van der Waals surface area contributed by atoms with Crippen LogP contribution >= 0.6 is 0 Å². The van der Waals surface area contributed by atoms with Crippen molar-refractivity contribution in [3.05, 3.63) is 0 Å². The monoisotopic (exact) mass is 207 g/mol. The molecule has 1 rings (SSSR count). The van der Waals surface area contributed by atoms with Gasteiger partial charge in [-0.05, 0) is 19.3 Å². The Morgan fingerprint density at radius 1 is 1.47 bits per heavy atom. The van der Waals surface area contributed by atoms with Gasteiger partial charge in [0.25, 0.3) is 0 Å². The van der Waals surface area contributed by atoms with Crippen molar-refractivity contribution in [3.63, 3.8) is 0 Å². The van der Waals surface area contributed by atoms with Crippen LogP contribution in [0.1, 0.15) is 45.4 Å². The van der Waals surface area contributed by atoms with Crippen LogP contribution in [0.2, 0.25) is 0 Å². The molecule has 0 spiro atoms. The molecular formula is C13H21NO. The van der Waals surface area contributed by atoms with E-state index in [1.54, 1.807) is 4.90 Å². The quantitative estimate of drug-likeness (QED) is 0.634. The van der Waals surface area contributed by atoms with Gasteiger partial charge in [0.05, 0.1) is 6.54 Å². The lowest BCUT2D eigenvalue weighted by Crippen LogP contribution is -2.31. The van der Waals surface area contributed by atoms with Crippen molar-refractivity contribution >= 4 is 5.91 Å². The molecule has 84 valence electrons. The molecule has 0 aromatic rings. The van der Waals surface area contributed by atoms with Gasteiger partial charge >= 0.3 is 0 Å². The van der Waals surface area contributed by atoms with Crippen molar-refractivity contribution in [2.45, 2.75) is 45.4 Å². The van der Waals surface area contributed by atoms with Crippen molar-refractivity contribution in [2.75, 3.05) is 13.1 Å². The summed E-state index contributed by atoms with van der Waals surface area (Å²) >= 11 is 0. The van der Waals surface area contributed by atoms with E-state index in [1.807, 2.05) is 6.92 Å². The predicted octanol–water partition coefficient (Wildman–Crippen LogP) is 2.44. The Hall–Kier alpha value is -0.970. The van der Waals surface area contributed by atoms with E-state index in [1.165, 1.54) is 25.7 Å². The molecular weight excluding hydrogens is 186 g/mol. The molecule has 1 aliphatic rings. The topological polar surface area (TPSA) is 20.3 Å². The first-order chi connectivity index (χ1) is 7.27. The lowest BCUT2D eigenvalue weighted by atomic mass is 10.0. The highest BCUT2D eigenvalue weighted by molar-refractivity contribution is 5.76. The number of amides is 1. The van der Waals surface area contributed by atoms with Crippen molar-refractivity contribution in [1.82, 2.24) is 4.90 Å². The molecule has 1 aliphatic carbocycles. The van der Waals surface area contributed by atoms with Gasteiger partial charge in [-0.3, -0.25) is 4.79 Å². The molecule has 2 heteroatoms. The van der Waals surface area contributed by atoms with Crippen LogP contribution in [0.25, 0.3) is 0 Å². The average molecular weight is 207 g/mol. The molecule has 0 atom stereocenters. The minimum Gasteiger partial charge on any atom is -0.332 e. The number of terminal acetylenes is 1. The summed E-state index contributed by atoms with van der Waals surface area (Å²) in [5, 5.41) is 0. The van der Waals surface area contributed by atoms with E-state index < -0.39 is 0 Å². The maximum atomic E-state index is 11.8. The molecule has 2 nitrogen and oxygen atoms in total. The van der Waals surface area contributed by atoms with E-state index in [9.17, 15) is 4.79 Å². The second kappa shape index (κ2) is 6.50. The number of carbonyl (C=O) groups excluding carboxylic acids is 1. The van der Waals surface area contributed by atoms with Crippen LogP contribution in [0.3, 0.4) is 0 Å². The highest BCUT2D eigenvalue weighted by Crippen LogP contribution is 2.28. The maximum absolute atomic E-state index is 11.8. The average Bonchev–Trinajstić information content (AvgIpc) is 2.75. The molecule has 0 radical (unpaired) electrons. The van der Waals surface area contributed by atoms with Crippen LogP contribution in [0.15, 0.2) is 0 Å². The van der Waals surface area contributed by atoms with E-state index in [4.69, 9.17) is 6.42 Å². The molecule has 1 saturated carbocycles. The summed E-state index contributed by atoms with van der Waals surface area (Å²) in [7, 11) is 0. The Kier molecular flexibility index (Phi) is 5.25. The van der Waals surface area contributed by atoms with E-state index in [2.05, 4.69) is 5.92 Å². The summed E-state index contributed by atoms with van der Waals surface area (Å²) in [6, 6.07) is 0. The van der Waals surface area contributed by atoms with Gasteiger partial charge < -0.3 is 4.90 Å². The highest BCUT2D eigenvalue weighted by Gasteiger charge is 2.17. The van der Waals surface area contributed by atoms with E-state index in [0.29, 0.717) is 13.0 Å². The number of rotatable bonds is 5. The number of nitrogens with zero attached hydrogens (tertiary/aromatic N) is 1. The number of hydrogen-bond acceptors (Lipinski definition) is 1. The standard InChI is InChI=1S/C13H21NO/c1-3-11-14(4-2)13(15)10-9-12-7-5-6-8-12/h1,12H,4-11H2,2H3. The fourth-order valence-corrected chi connectivity index (χ4v) is 2.27. The SMILES string of the molecule is C#CCN(CC)C(=O)CCC1CCCC1. The smallest absolute Gasteiger partial charge is 0.223 e. The Balaban J connectivity index is 2.24. The van der Waals surface area contributed by atoms with Gasteiger partial charge in [-0.2, -0.15) is 0 Å². The molecule has 15 heavy (non-hydrogen) atoms. The highest BCUT2D eigenvalue weighted by atomic mass is 16.2. The lowest BCUT2D eigenvalue weighted by Gasteiger charge is -2.18. The minimum atomic E-state index is 0.224. The molecule has 0 unspecified atom stereocenters. The normalized spacial score (nSPS) is 16.3. The minimum absolute atomic E-state index is 0.224. The van der Waals surface area contributed by atoms with Crippen molar-refractivity contribution in [2.24, 2.45) is 5.92 Å². The van der Waals surface area contributed by atoms with Crippen LogP contribution < -0.4 is 0 Å². The first kappa shape index (κ1) is 12.1. The third-order valence-electron chi connectivity index (χ3n) is 3.26. The Labute approximate surface area is 93.0 Å². The summed E-state index contributed by atoms with van der Waals surface area (Å²) in [5.74, 6) is 3.55. The fraction of sp³-hybridized carbons (Fsp3) is 0.769. The molecule has 0 aromatic heterocycles. The Bertz CT molecular complexity index is 235. The molecule has 1 amide bonds. The predicted molar refractivity (Wildman–Crippen MR) is 62.3 cm³/mol. The third-order valence-corrected chi connectivity index (χ3v) is 3.26. The van der Waals surface area contributed by atoms with Gasteiger partial charge in [0.1, 0.15) is 0 Å². The summed E-state index contributed by atoms with van der Waals surface area (Å²) in [6.07, 6.45) is 12.3. The molecule has 0 N–H and O–H groups in total. The van der Waals surface area contributed by atoms with Gasteiger partial charge in [0, 0.05) is 13.0 Å². The van der Waals surface area contributed by atoms with Crippen LogP contribution in [-0.2, 0) is 4.79 Å². The van der Waals surface area contributed by atoms with Gasteiger partial charge in [0.15, 0.2) is 0 Å². The van der Waals surface area contributed by atoms with E-state index >= 15 is 0 Å². The number of hydrogen-bond donors (Lipinski definition) is 0. The Morgan fingerprint density at radius 3 is 2.67 bits per heavy atom. The van der Waals surface area contributed by atoms with Crippen LogP contribution in [-0.4, -0.2) is 23.9 Å². The summed E-state index contributed by atoms with van der Waals surface area (Å²) < 4.78 is 0. The van der Waals surface area contributed by atoms with Gasteiger partial charge in [-0.15, -0.1) is 6.42 Å². The number of carbonyl (C=O) groups is 1. The summed E-state index contributed by atoms with van der Waals surface area (Å²) in [4.78, 5) is 13.5. The zero-order chi connectivity index (χ0) is 11.1. The molecule has 0 saturated heterocycles. The zero-order valence-corrected chi connectivity index (χ0v) is 9.67. The molecule has 0 bridgehead atoms. The lowest BCUT2D eigenvalue weighted by molar-refractivity contribution is -0.130. The molecule has 1 fully saturated rings. The largest absolute Gasteiger partial charge is 0.332 e. The summed E-state index contributed by atoms with van der Waals surface area (Å²) in [5.41, 5.74) is 0. The van der Waals surface area contributed by atoms with Crippen molar-refractivity contribution < 1.29 is 4.79 Å². The van der Waals surface area contributed by atoms with Crippen LogP contribution in [0.5, 0.6) is 0 Å². The van der Waals surface area contributed by atoms with Crippen molar-refractivity contribution in [1.29, 1.82) is 0 Å². The van der Waals surface area contributed by atoms with Crippen LogP contribution in [0, 0.1) is 18.3 Å².